The molecule has 0 saturated heterocycles. The molecule has 3 aromatic carbocycles. The van der Waals surface area contributed by atoms with Crippen molar-refractivity contribution in [1.82, 2.24) is 14.5 Å². The minimum Gasteiger partial charge on any atom is -0.495 e. The number of fused-ring (bicyclic) bond motifs is 1. The molecule has 40 heavy (non-hydrogen) atoms. The summed E-state index contributed by atoms with van der Waals surface area (Å²) in [6.45, 7) is 1.71. The summed E-state index contributed by atoms with van der Waals surface area (Å²) in [5, 5.41) is 9.94. The normalized spacial score (nSPS) is 11.3. The molecule has 0 aliphatic heterocycles. The predicted molar refractivity (Wildman–Crippen MR) is 149 cm³/mol. The lowest BCUT2D eigenvalue weighted by molar-refractivity contribution is 0.412. The molecule has 0 saturated carbocycles. The molecule has 2 heterocycles. The van der Waals surface area contributed by atoms with Gasteiger partial charge in [0.2, 0.25) is 0 Å². The molecule has 0 aliphatic rings. The maximum absolute atomic E-state index is 15.5. The zero-order chi connectivity index (χ0) is 28.6. The molecule has 0 fully saturated rings. The monoisotopic (exact) mass is 575 g/mol. The highest BCUT2D eigenvalue weighted by Crippen LogP contribution is 2.35. The van der Waals surface area contributed by atoms with Crippen molar-refractivity contribution in [2.45, 2.75) is 11.8 Å². The lowest BCUT2D eigenvalue weighted by Crippen LogP contribution is -2.19. The molecule has 0 unspecified atom stereocenters. The van der Waals surface area contributed by atoms with E-state index in [1.165, 1.54) is 72.6 Å². The van der Waals surface area contributed by atoms with Crippen molar-refractivity contribution in [2.24, 2.45) is 0 Å². The van der Waals surface area contributed by atoms with E-state index in [0.29, 0.717) is 22.2 Å². The highest BCUT2D eigenvalue weighted by Gasteiger charge is 2.20. The lowest BCUT2D eigenvalue weighted by Gasteiger charge is -2.17. The van der Waals surface area contributed by atoms with Crippen LogP contribution < -0.4 is 15.0 Å². The van der Waals surface area contributed by atoms with Gasteiger partial charge in [-0.3, -0.25) is 14.1 Å². The molecule has 2 aromatic heterocycles. The second-order valence-electron chi connectivity index (χ2n) is 8.69. The molecule has 0 radical (unpaired) electrons. The fourth-order valence-corrected chi connectivity index (χ4v) is 5.42. The van der Waals surface area contributed by atoms with Crippen LogP contribution in [-0.2, 0) is 10.0 Å². The van der Waals surface area contributed by atoms with Gasteiger partial charge in [0.1, 0.15) is 29.8 Å². The molecule has 9 nitrogen and oxygen atoms in total. The van der Waals surface area contributed by atoms with E-state index in [2.05, 4.69) is 14.7 Å². The van der Waals surface area contributed by atoms with Gasteiger partial charge in [-0.2, -0.15) is 5.26 Å². The summed E-state index contributed by atoms with van der Waals surface area (Å²) in [6.07, 6.45) is 1.25. The molecule has 0 aliphatic carbocycles. The maximum Gasteiger partial charge on any atom is 0.263 e. The molecule has 1 N–H and O–H groups in total. The van der Waals surface area contributed by atoms with Gasteiger partial charge in [-0.25, -0.2) is 22.8 Å². The van der Waals surface area contributed by atoms with Gasteiger partial charge in [0, 0.05) is 34.8 Å². The summed E-state index contributed by atoms with van der Waals surface area (Å²) in [7, 11) is -2.64. The fraction of sp³-hybridized carbons (Fsp3) is 0.0714. The molecular formula is C28H19ClFN5O4S. The zero-order valence-electron chi connectivity index (χ0n) is 21.0. The van der Waals surface area contributed by atoms with E-state index in [1.807, 2.05) is 6.07 Å². The van der Waals surface area contributed by atoms with Crippen molar-refractivity contribution < 1.29 is 17.5 Å². The van der Waals surface area contributed by atoms with Gasteiger partial charge in [0.15, 0.2) is 0 Å². The number of hydrogen-bond acceptors (Lipinski definition) is 7. The number of benzene rings is 3. The minimum absolute atomic E-state index is 0.0639. The van der Waals surface area contributed by atoms with Crippen LogP contribution in [0.4, 0.5) is 10.2 Å². The second-order valence-corrected chi connectivity index (χ2v) is 10.8. The molecule has 0 spiro atoms. The maximum atomic E-state index is 15.5. The van der Waals surface area contributed by atoms with Crippen molar-refractivity contribution in [1.29, 1.82) is 5.26 Å². The van der Waals surface area contributed by atoms with Crippen LogP contribution >= 0.6 is 11.6 Å². The average Bonchev–Trinajstić information content (AvgIpc) is 2.93. The van der Waals surface area contributed by atoms with Crippen LogP contribution in [0, 0.1) is 24.1 Å². The number of halogens is 2. The Morgan fingerprint density at radius 3 is 2.58 bits per heavy atom. The van der Waals surface area contributed by atoms with Crippen LogP contribution in [0.15, 0.2) is 82.7 Å². The number of aryl methyl sites for hydroxylation is 1. The number of anilines is 1. The third-order valence-electron chi connectivity index (χ3n) is 6.13. The predicted octanol–water partition coefficient (Wildman–Crippen LogP) is 5.23. The van der Waals surface area contributed by atoms with Gasteiger partial charge in [0.05, 0.1) is 33.8 Å². The van der Waals surface area contributed by atoms with Gasteiger partial charge in [0.25, 0.3) is 15.6 Å². The molecule has 0 amide bonds. The quantitative estimate of drug-likeness (QED) is 0.294. The summed E-state index contributed by atoms with van der Waals surface area (Å²) in [5.41, 5.74) is 1.26. The number of hydrogen-bond donors (Lipinski definition) is 1. The van der Waals surface area contributed by atoms with E-state index in [1.54, 1.807) is 13.0 Å². The molecule has 12 heteroatoms. The van der Waals surface area contributed by atoms with Crippen LogP contribution in [-0.4, -0.2) is 30.1 Å². The van der Waals surface area contributed by atoms with Crippen molar-refractivity contribution in [3.63, 3.8) is 0 Å². The zero-order valence-corrected chi connectivity index (χ0v) is 22.6. The Kier molecular flexibility index (Phi) is 6.97. The minimum atomic E-state index is -4.02. The van der Waals surface area contributed by atoms with Crippen molar-refractivity contribution >= 4 is 38.3 Å². The Labute approximate surface area is 233 Å². The standard InChI is InChI=1S/C28H19ClFN5O4S/c1-16-9-27(33-15-32-16)34-40(37,38)20-5-7-24-18(11-20)4-8-28(36)35(24)25-13-23(30)21(12-26(25)39-2)17-3-6-22(29)19(10-17)14-31/h3-13,15H,1-2H3,(H,32,33,34). The number of methoxy groups -OCH3 is 1. The van der Waals surface area contributed by atoms with Crippen molar-refractivity contribution in [3.8, 4) is 28.6 Å². The number of rotatable bonds is 6. The summed E-state index contributed by atoms with van der Waals surface area (Å²) in [4.78, 5) is 20.8. The first kappa shape index (κ1) is 26.8. The average molecular weight is 576 g/mol. The number of nitrogens with one attached hydrogen (secondary N) is 1. The first-order valence-corrected chi connectivity index (χ1v) is 13.5. The first-order chi connectivity index (χ1) is 19.1. The summed E-state index contributed by atoms with van der Waals surface area (Å²) < 4.78 is 50.7. The Morgan fingerprint density at radius 1 is 1.05 bits per heavy atom. The van der Waals surface area contributed by atoms with E-state index in [9.17, 15) is 18.5 Å². The van der Waals surface area contributed by atoms with Crippen LogP contribution in [0.3, 0.4) is 0 Å². The number of aromatic nitrogens is 3. The van der Waals surface area contributed by atoms with E-state index in [-0.39, 0.29) is 38.3 Å². The molecule has 0 bridgehead atoms. The van der Waals surface area contributed by atoms with Gasteiger partial charge in [-0.05, 0) is 55.0 Å². The van der Waals surface area contributed by atoms with Crippen LogP contribution in [0.5, 0.6) is 5.75 Å². The van der Waals surface area contributed by atoms with Crippen LogP contribution in [0.2, 0.25) is 5.02 Å². The van der Waals surface area contributed by atoms with E-state index >= 15 is 4.39 Å². The number of sulfonamides is 1. The largest absolute Gasteiger partial charge is 0.495 e. The van der Waals surface area contributed by atoms with Crippen LogP contribution in [0.1, 0.15) is 11.3 Å². The highest BCUT2D eigenvalue weighted by atomic mass is 35.5. The number of pyridine rings is 1. The summed E-state index contributed by atoms with van der Waals surface area (Å²) in [6, 6.07) is 17.5. The second kappa shape index (κ2) is 10.4. The Hall–Kier alpha value is -4.79. The van der Waals surface area contributed by atoms with E-state index in [0.717, 1.165) is 6.07 Å². The summed E-state index contributed by atoms with van der Waals surface area (Å²) >= 11 is 6.02. The number of nitriles is 1. The third kappa shape index (κ3) is 4.98. The fourth-order valence-electron chi connectivity index (χ4n) is 4.23. The van der Waals surface area contributed by atoms with Gasteiger partial charge in [-0.1, -0.05) is 17.7 Å². The first-order valence-electron chi connectivity index (χ1n) is 11.7. The molecule has 5 aromatic rings. The smallest absolute Gasteiger partial charge is 0.263 e. The molecular weight excluding hydrogens is 557 g/mol. The van der Waals surface area contributed by atoms with Gasteiger partial charge < -0.3 is 4.74 Å². The SMILES string of the molecule is COc1cc(-c2ccc(Cl)c(C#N)c2)c(F)cc1-n1c(=O)ccc2cc(S(=O)(=O)Nc3cc(C)ncn3)ccc21. The van der Waals surface area contributed by atoms with Crippen LogP contribution in [0.25, 0.3) is 27.7 Å². The lowest BCUT2D eigenvalue weighted by atomic mass is 10.0. The Morgan fingerprint density at radius 2 is 1.85 bits per heavy atom. The molecule has 0 atom stereocenters. The molecule has 200 valence electrons. The number of nitrogens with zero attached hydrogens (tertiary/aromatic N) is 4. The number of ether oxygens (including phenoxy) is 1. The van der Waals surface area contributed by atoms with Crippen molar-refractivity contribution in [3.05, 3.63) is 106 Å². The summed E-state index contributed by atoms with van der Waals surface area (Å²) in [5.74, 6) is -0.383. The third-order valence-corrected chi connectivity index (χ3v) is 7.81. The van der Waals surface area contributed by atoms with Crippen molar-refractivity contribution in [2.75, 3.05) is 11.8 Å². The van der Waals surface area contributed by atoms with Gasteiger partial charge >= 0.3 is 0 Å². The van der Waals surface area contributed by atoms with Gasteiger partial charge in [-0.15, -0.1) is 0 Å². The topological polar surface area (TPSA) is 127 Å². The molecule has 5 rings (SSSR count). The Balaban J connectivity index is 1.62. The van der Waals surface area contributed by atoms with E-state index in [4.69, 9.17) is 16.3 Å². The Bertz CT molecular complexity index is 2020. The van der Waals surface area contributed by atoms with E-state index < -0.39 is 21.4 Å². The highest BCUT2D eigenvalue weighted by molar-refractivity contribution is 7.92.